The zero-order valence-corrected chi connectivity index (χ0v) is 32.2. The number of aliphatic imine (C=N–C) groups is 1. The van der Waals surface area contributed by atoms with Gasteiger partial charge in [-0.2, -0.15) is 13.2 Å². The van der Waals surface area contributed by atoms with Crippen LogP contribution in [0.25, 0.3) is 0 Å². The van der Waals surface area contributed by atoms with Crippen molar-refractivity contribution in [3.05, 3.63) is 74.3 Å². The Hall–Kier alpha value is -3.36. The van der Waals surface area contributed by atoms with E-state index in [1.54, 1.807) is 35.1 Å². The number of halogens is 6. The zero-order chi connectivity index (χ0) is 38.4. The predicted octanol–water partition coefficient (Wildman–Crippen LogP) is 7.69. The Morgan fingerprint density at radius 1 is 1.09 bits per heavy atom. The van der Waals surface area contributed by atoms with Gasteiger partial charge in [0.1, 0.15) is 27.5 Å². The summed E-state index contributed by atoms with van der Waals surface area (Å²) in [5, 5.41) is 0.816. The quantitative estimate of drug-likeness (QED) is 0.220. The Morgan fingerprint density at radius 3 is 2.40 bits per heavy atom. The van der Waals surface area contributed by atoms with Gasteiger partial charge in [-0.3, -0.25) is 14.4 Å². The van der Waals surface area contributed by atoms with Gasteiger partial charge >= 0.3 is 12.1 Å². The number of nitrogens with zero attached hydrogens (tertiary/aromatic N) is 6. The third kappa shape index (κ3) is 6.30. The van der Waals surface area contributed by atoms with Gasteiger partial charge in [0.2, 0.25) is 5.91 Å². The number of rotatable bonds is 6. The van der Waals surface area contributed by atoms with Crippen LogP contribution in [0.15, 0.2) is 52.1 Å². The Morgan fingerprint density at radius 2 is 1.81 bits per heavy atom. The average Bonchev–Trinajstić information content (AvgIpc) is 3.46. The lowest BCUT2D eigenvalue weighted by molar-refractivity contribution is -0.193. The molecule has 1 aromatic heterocycles. The molecule has 5 aliphatic rings. The molecule has 4 aliphatic heterocycles. The summed E-state index contributed by atoms with van der Waals surface area (Å²) in [7, 11) is 0. The van der Waals surface area contributed by atoms with Crippen molar-refractivity contribution in [2.24, 2.45) is 10.9 Å². The van der Waals surface area contributed by atoms with Crippen LogP contribution in [0.5, 0.6) is 0 Å². The third-order valence-electron chi connectivity index (χ3n) is 11.5. The number of likely N-dealkylation sites (tertiary alicyclic amines) is 1. The molecule has 5 heterocycles. The summed E-state index contributed by atoms with van der Waals surface area (Å²) in [6.45, 7) is 9.31. The number of thioether (sulfide) groups is 1. The minimum absolute atomic E-state index is 0.00415. The molecule has 1 saturated carbocycles. The van der Waals surface area contributed by atoms with Crippen LogP contribution in [0.1, 0.15) is 83.9 Å². The van der Waals surface area contributed by atoms with E-state index in [-0.39, 0.29) is 41.9 Å². The number of amidine groups is 1. The summed E-state index contributed by atoms with van der Waals surface area (Å²) in [4.78, 5) is 57.8. The average molecular weight is 796 g/mol. The van der Waals surface area contributed by atoms with Crippen molar-refractivity contribution in [1.82, 2.24) is 24.6 Å². The van der Waals surface area contributed by atoms with Crippen LogP contribution in [0.4, 0.5) is 17.6 Å². The van der Waals surface area contributed by atoms with Gasteiger partial charge in [-0.15, -0.1) is 0 Å². The molecule has 9 nitrogen and oxygen atoms in total. The van der Waals surface area contributed by atoms with Gasteiger partial charge in [0.15, 0.2) is 5.17 Å². The number of fused-ring (bicyclic) bond motifs is 1. The first-order chi connectivity index (χ1) is 24.9. The lowest BCUT2D eigenvalue weighted by Crippen LogP contribution is -2.66. The minimum atomic E-state index is -5.01. The maximum absolute atomic E-state index is 15.1. The highest BCUT2D eigenvalue weighted by molar-refractivity contribution is 8.18. The van der Waals surface area contributed by atoms with Crippen LogP contribution in [0.3, 0.4) is 0 Å². The third-order valence-corrected chi connectivity index (χ3v) is 13.0. The van der Waals surface area contributed by atoms with Crippen molar-refractivity contribution in [2.75, 3.05) is 13.1 Å². The second-order valence-corrected chi connectivity index (χ2v) is 16.9. The van der Waals surface area contributed by atoms with Gasteiger partial charge in [-0.25, -0.2) is 14.4 Å². The second-order valence-electron chi connectivity index (χ2n) is 15.1. The Kier molecular flexibility index (Phi) is 9.62. The SMILES string of the molecule is CC[C@H]1CN(C(=O)C(F)(F)F)C2(CC2)CN1C(=O)[C@H]1CC[C@@H](C)N1C(=O)C1=C(C(C)C)N2C(=N[C@@](C)(c3ccc(Cl)nc3)[C@H]2c2ccc(Cl)c(F)c2)S1. The number of benzene rings is 1. The highest BCUT2D eigenvalue weighted by Crippen LogP contribution is 2.57. The molecule has 284 valence electrons. The van der Waals surface area contributed by atoms with E-state index in [1.807, 2.05) is 38.7 Å². The topological polar surface area (TPSA) is 89.4 Å². The van der Waals surface area contributed by atoms with Crippen LogP contribution in [-0.2, 0) is 19.9 Å². The summed E-state index contributed by atoms with van der Waals surface area (Å²) in [5.74, 6) is -3.32. The molecule has 53 heavy (non-hydrogen) atoms. The van der Waals surface area contributed by atoms with E-state index >= 15 is 4.39 Å². The molecular formula is C37H40Cl2F4N6O3S. The van der Waals surface area contributed by atoms with Gasteiger partial charge in [-0.05, 0) is 87.4 Å². The molecule has 3 fully saturated rings. The largest absolute Gasteiger partial charge is 0.471 e. The smallest absolute Gasteiger partial charge is 0.334 e. The Bertz CT molecular complexity index is 1920. The summed E-state index contributed by atoms with van der Waals surface area (Å²) in [6, 6.07) is 5.75. The summed E-state index contributed by atoms with van der Waals surface area (Å²) >= 11 is 13.5. The van der Waals surface area contributed by atoms with Crippen molar-refractivity contribution < 1.29 is 31.9 Å². The van der Waals surface area contributed by atoms with Gasteiger partial charge in [0, 0.05) is 42.6 Å². The molecule has 0 N–H and O–H groups in total. The fourth-order valence-electron chi connectivity index (χ4n) is 8.53. The molecule has 1 aromatic carbocycles. The van der Waals surface area contributed by atoms with Crippen molar-refractivity contribution in [2.45, 2.75) is 108 Å². The molecule has 1 aliphatic carbocycles. The maximum Gasteiger partial charge on any atom is 0.471 e. The normalized spacial score (nSPS) is 28.0. The number of hydrogen-bond acceptors (Lipinski definition) is 7. The summed E-state index contributed by atoms with van der Waals surface area (Å²) < 4.78 is 55.8. The summed E-state index contributed by atoms with van der Waals surface area (Å²) in [6.07, 6.45) is -1.31. The number of carbonyl (C=O) groups is 3. The zero-order valence-electron chi connectivity index (χ0n) is 29.9. The van der Waals surface area contributed by atoms with E-state index in [2.05, 4.69) is 4.98 Å². The lowest BCUT2D eigenvalue weighted by Gasteiger charge is -2.48. The number of piperazine rings is 1. The first-order valence-corrected chi connectivity index (χ1v) is 19.4. The number of allylic oxidation sites excluding steroid dienone is 1. The number of alkyl halides is 3. The standard InChI is InChI=1S/C37H40Cl2F4N6O3S/c1-6-23-17-47(33(52)37(41,42)43)36(13-14-36)18-46(23)31(50)26-11-7-20(4)48(26)32(51)29-28(19(2)3)49-30(21-8-10-24(38)25(40)15-21)35(5,45-34(49)53-29)22-9-12-27(39)44-16-22/h8-10,12,15-16,19-20,23,26,30H,6-7,11,13-14,17-18H2,1-5H3/t20-,23+,26-,30-,35+/m1/s1. The van der Waals surface area contributed by atoms with E-state index < -0.39 is 47.1 Å². The summed E-state index contributed by atoms with van der Waals surface area (Å²) in [5.41, 5.74) is -0.0284. The molecule has 3 amide bonds. The highest BCUT2D eigenvalue weighted by atomic mass is 35.5. The van der Waals surface area contributed by atoms with Crippen molar-refractivity contribution in [1.29, 1.82) is 0 Å². The monoisotopic (exact) mass is 794 g/mol. The molecule has 7 rings (SSSR count). The number of aromatic nitrogens is 1. The fraction of sp³-hybridized carbons (Fsp3) is 0.541. The van der Waals surface area contributed by atoms with Gasteiger partial charge < -0.3 is 19.6 Å². The molecule has 2 aromatic rings. The minimum Gasteiger partial charge on any atom is -0.334 e. The van der Waals surface area contributed by atoms with Gasteiger partial charge in [-0.1, -0.05) is 56.1 Å². The molecule has 1 spiro atoms. The van der Waals surface area contributed by atoms with Crippen LogP contribution in [0, 0.1) is 11.7 Å². The number of hydrogen-bond donors (Lipinski definition) is 0. The van der Waals surface area contributed by atoms with Crippen LogP contribution >= 0.6 is 35.0 Å². The molecule has 2 saturated heterocycles. The lowest BCUT2D eigenvalue weighted by atomic mass is 9.81. The second kappa shape index (κ2) is 13.4. The molecule has 0 radical (unpaired) electrons. The molecular weight excluding hydrogens is 755 g/mol. The molecule has 0 unspecified atom stereocenters. The predicted molar refractivity (Wildman–Crippen MR) is 194 cm³/mol. The van der Waals surface area contributed by atoms with E-state index in [9.17, 15) is 27.6 Å². The van der Waals surface area contributed by atoms with Crippen LogP contribution in [-0.4, -0.2) is 90.4 Å². The van der Waals surface area contributed by atoms with E-state index in [1.165, 1.54) is 23.9 Å². The molecule has 16 heteroatoms. The maximum atomic E-state index is 15.1. The number of carbonyl (C=O) groups excluding carboxylic acids is 3. The first-order valence-electron chi connectivity index (χ1n) is 17.8. The van der Waals surface area contributed by atoms with Crippen molar-refractivity contribution in [3.8, 4) is 0 Å². The molecule has 0 bridgehead atoms. The van der Waals surface area contributed by atoms with Crippen LogP contribution < -0.4 is 0 Å². The van der Waals surface area contributed by atoms with E-state index in [0.717, 1.165) is 10.5 Å². The number of pyridine rings is 1. The Balaban J connectivity index is 1.23. The number of amides is 3. The fourth-order valence-corrected chi connectivity index (χ4v) is 10.1. The van der Waals surface area contributed by atoms with Gasteiger partial charge in [0.25, 0.3) is 5.91 Å². The first kappa shape index (κ1) is 37.9. The van der Waals surface area contributed by atoms with Crippen molar-refractivity contribution >= 4 is 57.9 Å². The van der Waals surface area contributed by atoms with Crippen LogP contribution in [0.2, 0.25) is 10.2 Å². The van der Waals surface area contributed by atoms with Crippen molar-refractivity contribution in [3.63, 3.8) is 0 Å². The molecule has 5 atom stereocenters. The van der Waals surface area contributed by atoms with E-state index in [0.29, 0.717) is 58.6 Å². The van der Waals surface area contributed by atoms with Gasteiger partial charge in [0.05, 0.1) is 16.6 Å². The van der Waals surface area contributed by atoms with E-state index in [4.69, 9.17) is 28.2 Å². The highest BCUT2D eigenvalue weighted by Gasteiger charge is 2.61. The Labute approximate surface area is 319 Å².